The molecule has 2 aromatic heterocycles. The molecular weight excluding hydrogens is 682 g/mol. The summed E-state index contributed by atoms with van der Waals surface area (Å²) in [4.78, 5) is 29.9. The predicted octanol–water partition coefficient (Wildman–Crippen LogP) is 5.94. The average Bonchev–Trinajstić information content (AvgIpc) is 4.06. The van der Waals surface area contributed by atoms with Crippen LogP contribution in [-0.2, 0) is 4.79 Å². The number of methoxy groups -OCH3 is 1. The number of carboxylic acid groups (broad SMARTS) is 1. The number of phenols is 1. The molecule has 2 aliphatic heterocycles. The Hall–Kier alpha value is -4.80. The molecule has 4 unspecified atom stereocenters. The summed E-state index contributed by atoms with van der Waals surface area (Å²) in [5.74, 6) is 3.20. The molecule has 4 aromatic rings. The molecule has 2 saturated heterocycles. The Morgan fingerprint density at radius 2 is 1.72 bits per heavy atom. The van der Waals surface area contributed by atoms with Crippen molar-refractivity contribution >= 4 is 34.0 Å². The summed E-state index contributed by atoms with van der Waals surface area (Å²) in [6.45, 7) is 9.20. The number of hydrogen-bond acceptors (Lipinski definition) is 10. The van der Waals surface area contributed by atoms with Gasteiger partial charge in [-0.25, -0.2) is 13.8 Å². The third kappa shape index (κ3) is 6.90. The van der Waals surface area contributed by atoms with Crippen molar-refractivity contribution in [3.63, 3.8) is 0 Å². The zero-order valence-corrected chi connectivity index (χ0v) is 30.6. The lowest BCUT2D eigenvalue weighted by atomic mass is 9.95. The Morgan fingerprint density at radius 3 is 2.32 bits per heavy atom. The second-order valence-electron chi connectivity index (χ2n) is 15.0. The second kappa shape index (κ2) is 14.6. The van der Waals surface area contributed by atoms with Gasteiger partial charge in [0.2, 0.25) is 5.88 Å². The van der Waals surface area contributed by atoms with E-state index in [-0.39, 0.29) is 69.3 Å². The first-order valence-corrected chi connectivity index (χ1v) is 18.3. The zero-order valence-electron chi connectivity index (χ0n) is 30.6. The number of fused-ring (bicyclic) bond motifs is 3. The minimum absolute atomic E-state index is 0.0218. The lowest BCUT2D eigenvalue weighted by Crippen LogP contribution is -2.57. The number of anilines is 1. The van der Waals surface area contributed by atoms with E-state index in [4.69, 9.17) is 35.8 Å². The van der Waals surface area contributed by atoms with Crippen LogP contribution in [0.15, 0.2) is 24.3 Å². The molecule has 0 spiro atoms. The second-order valence-corrected chi connectivity index (χ2v) is 15.0. The maximum Gasteiger partial charge on any atom is 0.319 e. The Bertz CT molecular complexity index is 2060. The molecule has 0 bridgehead atoms. The van der Waals surface area contributed by atoms with Crippen LogP contribution in [0.4, 0.5) is 14.6 Å². The summed E-state index contributed by atoms with van der Waals surface area (Å²) < 4.78 is 44.5. The molecule has 4 fully saturated rings. The van der Waals surface area contributed by atoms with Crippen molar-refractivity contribution in [2.24, 2.45) is 17.3 Å². The van der Waals surface area contributed by atoms with Gasteiger partial charge in [0.05, 0.1) is 19.3 Å². The van der Waals surface area contributed by atoms with E-state index in [0.717, 1.165) is 44.1 Å². The van der Waals surface area contributed by atoms with E-state index in [9.17, 15) is 5.11 Å². The molecule has 11 nitrogen and oxygen atoms in total. The molecule has 8 rings (SSSR count). The molecular formula is C40H46F2N6O5. The molecule has 4 atom stereocenters. The molecule has 4 heterocycles. The number of rotatable bonds is 10. The third-order valence-corrected chi connectivity index (χ3v) is 11.7. The van der Waals surface area contributed by atoms with Gasteiger partial charge in [0.15, 0.2) is 5.82 Å². The number of aromatic hydroxyl groups is 1. The van der Waals surface area contributed by atoms with Gasteiger partial charge in [-0.3, -0.25) is 9.69 Å². The van der Waals surface area contributed by atoms with Crippen LogP contribution in [0, 0.1) is 41.2 Å². The van der Waals surface area contributed by atoms with E-state index in [0.29, 0.717) is 36.3 Å². The van der Waals surface area contributed by atoms with Crippen LogP contribution in [0.25, 0.3) is 32.9 Å². The standard InChI is InChI=1S/C39H44F2N6O3.CH2O2/c1-6-25-18-47(19-26(7-2)45(25)4)36-32-35(43-38(44-36)50-21-39(11-12-39)20-46-16-23-13-24(23)17-46)33(41)34(42-37(32)49-5)29-15-27(48)14-22-9-10-30(40)28(8-3)31(22)29;2-1-3/h3,9-10,14-15,23-26,48H,6-7,11-13,16-21H2,1-2,4-5H3;1H,(H,2,3). The molecule has 0 amide bonds. The normalized spacial score (nSPS) is 23.2. The fourth-order valence-corrected chi connectivity index (χ4v) is 8.46. The number of pyridine rings is 1. The number of piperazine rings is 1. The van der Waals surface area contributed by atoms with Crippen molar-refractivity contribution in [1.29, 1.82) is 0 Å². The van der Waals surface area contributed by atoms with Gasteiger partial charge in [0.1, 0.15) is 34.0 Å². The lowest BCUT2D eigenvalue weighted by Gasteiger charge is -2.45. The number of piperidine rings is 1. The quantitative estimate of drug-likeness (QED) is 0.149. The van der Waals surface area contributed by atoms with Gasteiger partial charge in [-0.05, 0) is 74.6 Å². The van der Waals surface area contributed by atoms with Crippen molar-refractivity contribution in [2.75, 3.05) is 58.4 Å². The summed E-state index contributed by atoms with van der Waals surface area (Å²) in [6, 6.07) is 6.14. The van der Waals surface area contributed by atoms with Gasteiger partial charge in [0.25, 0.3) is 6.47 Å². The number of benzene rings is 2. The SMILES string of the molecule is C#Cc1c(F)ccc2cc(O)cc(-c3nc(OC)c4c(N5CC(CC)N(C)C(CC)C5)nc(OCC5(CN6CC7CC7C6)CC5)nc4c3F)c12.O=CO. The van der Waals surface area contributed by atoms with Gasteiger partial charge in [-0.1, -0.05) is 25.8 Å². The number of nitrogens with zero attached hydrogens (tertiary/aromatic N) is 6. The first-order valence-electron chi connectivity index (χ1n) is 18.3. The predicted molar refractivity (Wildman–Crippen MR) is 198 cm³/mol. The topological polar surface area (TPSA) is 124 Å². The number of likely N-dealkylation sites (tertiary alicyclic amines) is 1. The number of phenolic OH excluding ortho intramolecular Hbond substituents is 1. The number of ether oxygens (including phenoxy) is 2. The van der Waals surface area contributed by atoms with E-state index in [1.54, 1.807) is 0 Å². The lowest BCUT2D eigenvalue weighted by molar-refractivity contribution is -0.122. The summed E-state index contributed by atoms with van der Waals surface area (Å²) in [5, 5.41) is 18.6. The van der Waals surface area contributed by atoms with E-state index in [1.165, 1.54) is 50.9 Å². The van der Waals surface area contributed by atoms with Gasteiger partial charge >= 0.3 is 6.01 Å². The molecule has 53 heavy (non-hydrogen) atoms. The highest BCUT2D eigenvalue weighted by atomic mass is 19.1. The van der Waals surface area contributed by atoms with Crippen LogP contribution in [0.1, 0.15) is 51.5 Å². The fourth-order valence-electron chi connectivity index (χ4n) is 8.46. The van der Waals surface area contributed by atoms with Gasteiger partial charge in [-0.15, -0.1) is 6.42 Å². The summed E-state index contributed by atoms with van der Waals surface area (Å²) >= 11 is 0. The number of aromatic nitrogens is 3. The van der Waals surface area contributed by atoms with Crippen LogP contribution in [-0.4, -0.2) is 107 Å². The molecule has 2 aliphatic carbocycles. The summed E-state index contributed by atoms with van der Waals surface area (Å²) in [7, 11) is 3.63. The Balaban J connectivity index is 0.00000140. The van der Waals surface area contributed by atoms with Crippen LogP contribution < -0.4 is 14.4 Å². The first-order chi connectivity index (χ1) is 25.6. The Morgan fingerprint density at radius 1 is 1.04 bits per heavy atom. The number of terminal acetylenes is 1. The highest BCUT2D eigenvalue weighted by molar-refractivity contribution is 6.04. The highest BCUT2D eigenvalue weighted by Gasteiger charge is 2.51. The number of carbonyl (C=O) groups is 1. The van der Waals surface area contributed by atoms with E-state index < -0.39 is 11.6 Å². The van der Waals surface area contributed by atoms with Crippen LogP contribution in [0.2, 0.25) is 0 Å². The summed E-state index contributed by atoms with van der Waals surface area (Å²) in [6.07, 6.45) is 11.1. The zero-order chi connectivity index (χ0) is 37.6. The minimum Gasteiger partial charge on any atom is -0.508 e. The van der Waals surface area contributed by atoms with Crippen molar-refractivity contribution in [2.45, 2.75) is 58.0 Å². The summed E-state index contributed by atoms with van der Waals surface area (Å²) in [5.41, 5.74) is -0.0737. The third-order valence-electron chi connectivity index (χ3n) is 11.7. The molecule has 2 aromatic carbocycles. The minimum atomic E-state index is -0.765. The maximum atomic E-state index is 17.2. The van der Waals surface area contributed by atoms with E-state index in [2.05, 4.69) is 46.5 Å². The van der Waals surface area contributed by atoms with Crippen molar-refractivity contribution in [3.8, 4) is 41.2 Å². The number of halogens is 2. The highest BCUT2D eigenvalue weighted by Crippen LogP contribution is 2.51. The molecule has 280 valence electrons. The van der Waals surface area contributed by atoms with Crippen molar-refractivity contribution in [1.82, 2.24) is 24.8 Å². The Kier molecular flexibility index (Phi) is 10.0. The maximum absolute atomic E-state index is 17.2. The molecule has 2 N–H and O–H groups in total. The van der Waals surface area contributed by atoms with E-state index >= 15 is 8.78 Å². The molecule has 4 aliphatic rings. The van der Waals surface area contributed by atoms with Crippen LogP contribution in [0.3, 0.4) is 0 Å². The van der Waals surface area contributed by atoms with Crippen molar-refractivity contribution in [3.05, 3.63) is 41.5 Å². The fraction of sp³-hybridized carbons (Fsp3) is 0.500. The van der Waals surface area contributed by atoms with Crippen LogP contribution >= 0.6 is 0 Å². The molecule has 13 heteroatoms. The first kappa shape index (κ1) is 36.6. The smallest absolute Gasteiger partial charge is 0.319 e. The van der Waals surface area contributed by atoms with Gasteiger partial charge in [0, 0.05) is 61.2 Å². The number of likely N-dealkylation sites (N-methyl/N-ethyl adjacent to an activating group) is 1. The largest absolute Gasteiger partial charge is 0.508 e. The molecule has 0 radical (unpaired) electrons. The van der Waals surface area contributed by atoms with Gasteiger partial charge in [-0.2, -0.15) is 9.97 Å². The number of hydrogen-bond donors (Lipinski definition) is 2. The average molecular weight is 729 g/mol. The van der Waals surface area contributed by atoms with Gasteiger partial charge < -0.3 is 29.5 Å². The van der Waals surface area contributed by atoms with Crippen molar-refractivity contribution < 1.29 is 33.3 Å². The van der Waals surface area contributed by atoms with Crippen LogP contribution in [0.5, 0.6) is 17.6 Å². The Labute approximate surface area is 307 Å². The molecule has 2 saturated carbocycles. The van der Waals surface area contributed by atoms with E-state index in [1.807, 2.05) is 0 Å². The monoisotopic (exact) mass is 728 g/mol.